The van der Waals surface area contributed by atoms with Gasteiger partial charge in [-0.05, 0) is 73.0 Å². The molecule has 0 bridgehead atoms. The van der Waals surface area contributed by atoms with E-state index >= 15 is 0 Å². The molecule has 0 aromatic heterocycles. The summed E-state index contributed by atoms with van der Waals surface area (Å²) in [4.78, 5) is 2.31. The Morgan fingerprint density at radius 1 is 0.919 bits per heavy atom. The van der Waals surface area contributed by atoms with Gasteiger partial charge in [-0.2, -0.15) is 0 Å². The molecular weight excluding hydrogens is 501 g/mol. The quantitative estimate of drug-likeness (QED) is 0.212. The predicted octanol–water partition coefficient (Wildman–Crippen LogP) is 6.85. The van der Waals surface area contributed by atoms with Crippen LogP contribution in [0.15, 0.2) is 66.7 Å². The summed E-state index contributed by atoms with van der Waals surface area (Å²) in [6.07, 6.45) is -0.327. The largest absolute Gasteiger partial charge is 0.755 e. The number of benzene rings is 3. The van der Waals surface area contributed by atoms with E-state index in [-0.39, 0.29) is 18.3 Å². The number of anilines is 1. The van der Waals surface area contributed by atoms with Crippen molar-refractivity contribution in [3.8, 4) is 5.75 Å². The van der Waals surface area contributed by atoms with Crippen LogP contribution < -0.4 is 9.04 Å². The van der Waals surface area contributed by atoms with E-state index < -0.39 is 17.6 Å². The molecule has 5 nitrogen and oxygen atoms in total. The van der Waals surface area contributed by atoms with E-state index in [0.717, 1.165) is 55.1 Å². The van der Waals surface area contributed by atoms with Gasteiger partial charge in [0.05, 0.1) is 0 Å². The van der Waals surface area contributed by atoms with Crippen LogP contribution in [0, 0.1) is 0 Å². The molecule has 3 aromatic rings. The molecule has 0 aliphatic carbocycles. The van der Waals surface area contributed by atoms with Crippen molar-refractivity contribution in [1.82, 2.24) is 4.90 Å². The fourth-order valence-corrected chi connectivity index (χ4v) is 4.96. The number of halogens is 3. The molecule has 37 heavy (non-hydrogen) atoms. The number of fused-ring (bicyclic) bond motifs is 1. The SMILES string of the molecule is CCCCN(CCCC)C(Cc1ccc(OC(F)(F)F)cc1)CN(c1ccc2ccccc2c1)S(=O)[O-]. The van der Waals surface area contributed by atoms with Gasteiger partial charge in [0.25, 0.3) is 0 Å². The summed E-state index contributed by atoms with van der Waals surface area (Å²) in [5, 5.41) is 1.97. The van der Waals surface area contributed by atoms with Gasteiger partial charge in [0, 0.05) is 29.5 Å². The number of hydrogen-bond donors (Lipinski definition) is 0. The van der Waals surface area contributed by atoms with Crippen molar-refractivity contribution in [3.05, 3.63) is 72.3 Å². The third kappa shape index (κ3) is 9.02. The van der Waals surface area contributed by atoms with E-state index in [2.05, 4.69) is 23.5 Å². The smallest absolute Gasteiger partial charge is 0.573 e. The van der Waals surface area contributed by atoms with Crippen LogP contribution in [-0.2, 0) is 17.7 Å². The first kappa shape index (κ1) is 28.9. The number of ether oxygens (including phenoxy) is 1. The summed E-state index contributed by atoms with van der Waals surface area (Å²) >= 11 is -2.51. The Kier molecular flexibility index (Phi) is 10.8. The van der Waals surface area contributed by atoms with Crippen LogP contribution in [0.4, 0.5) is 18.9 Å². The molecule has 0 spiro atoms. The molecule has 0 amide bonds. The maximum absolute atomic E-state index is 12.6. The van der Waals surface area contributed by atoms with Crippen molar-refractivity contribution >= 4 is 27.7 Å². The van der Waals surface area contributed by atoms with Crippen LogP contribution in [0.1, 0.15) is 45.1 Å². The Hall–Kier alpha value is -2.62. The summed E-state index contributed by atoms with van der Waals surface area (Å²) in [7, 11) is 0. The van der Waals surface area contributed by atoms with Crippen LogP contribution in [-0.4, -0.2) is 45.7 Å². The topological polar surface area (TPSA) is 55.8 Å². The summed E-state index contributed by atoms with van der Waals surface area (Å²) < 4.78 is 68.0. The van der Waals surface area contributed by atoms with Crippen molar-refractivity contribution in [2.45, 2.75) is 58.4 Å². The number of alkyl halides is 3. The summed E-state index contributed by atoms with van der Waals surface area (Å²) in [5.74, 6) is -0.278. The van der Waals surface area contributed by atoms with Gasteiger partial charge in [-0.3, -0.25) is 9.11 Å². The van der Waals surface area contributed by atoms with Gasteiger partial charge in [0.1, 0.15) is 5.75 Å². The molecule has 0 aliphatic rings. The molecule has 2 unspecified atom stereocenters. The van der Waals surface area contributed by atoms with Crippen molar-refractivity contribution in [3.63, 3.8) is 0 Å². The molecule has 0 saturated carbocycles. The van der Waals surface area contributed by atoms with E-state index in [1.54, 1.807) is 18.2 Å². The highest BCUT2D eigenvalue weighted by Crippen LogP contribution is 2.26. The van der Waals surface area contributed by atoms with E-state index in [4.69, 9.17) is 0 Å². The van der Waals surface area contributed by atoms with Crippen molar-refractivity contribution in [1.29, 1.82) is 0 Å². The van der Waals surface area contributed by atoms with Gasteiger partial charge >= 0.3 is 6.36 Å². The minimum absolute atomic E-state index is 0.170. The average molecular weight is 536 g/mol. The normalized spacial score (nSPS) is 13.6. The molecule has 9 heteroatoms. The molecule has 3 rings (SSSR count). The van der Waals surface area contributed by atoms with Gasteiger partial charge < -0.3 is 13.6 Å². The van der Waals surface area contributed by atoms with E-state index in [1.165, 1.54) is 16.4 Å². The lowest BCUT2D eigenvalue weighted by Crippen LogP contribution is -2.47. The Balaban J connectivity index is 1.90. The zero-order chi connectivity index (χ0) is 26.8. The Morgan fingerprint density at radius 3 is 2.11 bits per heavy atom. The highest BCUT2D eigenvalue weighted by Gasteiger charge is 2.31. The highest BCUT2D eigenvalue weighted by molar-refractivity contribution is 7.80. The molecule has 0 N–H and O–H groups in total. The fraction of sp³-hybridized carbons (Fsp3) is 0.429. The molecule has 0 fully saturated rings. The van der Waals surface area contributed by atoms with Crippen molar-refractivity contribution in [2.75, 3.05) is 23.9 Å². The second kappa shape index (κ2) is 13.8. The number of unbranched alkanes of at least 4 members (excludes halogenated alkanes) is 2. The highest BCUT2D eigenvalue weighted by atomic mass is 32.2. The van der Waals surface area contributed by atoms with Crippen LogP contribution >= 0.6 is 0 Å². The number of hydrogen-bond acceptors (Lipinski definition) is 4. The van der Waals surface area contributed by atoms with E-state index in [9.17, 15) is 21.9 Å². The zero-order valence-electron chi connectivity index (χ0n) is 21.2. The molecule has 0 radical (unpaired) electrons. The standard InChI is InChI=1S/C28H35F3N2O3S/c1-3-5-17-32(18-6-4-2)26(19-22-11-15-27(16-12-22)36-28(29,30)31)21-33(37(34)35)25-14-13-23-9-7-8-10-24(23)20-25/h7-16,20,26H,3-6,17-19,21H2,1-2H3,(H,34,35)/p-1. The van der Waals surface area contributed by atoms with Crippen LogP contribution in [0.3, 0.4) is 0 Å². The molecule has 202 valence electrons. The fourth-order valence-electron chi connectivity index (χ4n) is 4.38. The van der Waals surface area contributed by atoms with Crippen molar-refractivity contribution in [2.24, 2.45) is 0 Å². The summed E-state index contributed by atoms with van der Waals surface area (Å²) in [6, 6.07) is 19.0. The van der Waals surface area contributed by atoms with E-state index in [1.807, 2.05) is 36.4 Å². The molecule has 0 heterocycles. The van der Waals surface area contributed by atoms with Gasteiger partial charge in [0.15, 0.2) is 0 Å². The molecule has 3 aromatic carbocycles. The second-order valence-electron chi connectivity index (χ2n) is 9.10. The zero-order valence-corrected chi connectivity index (χ0v) is 22.1. The minimum Gasteiger partial charge on any atom is -0.755 e. The predicted molar refractivity (Wildman–Crippen MR) is 142 cm³/mol. The molecular formula is C28H34F3N2O3S-. The van der Waals surface area contributed by atoms with Gasteiger partial charge in [-0.1, -0.05) is 69.2 Å². The lowest BCUT2D eigenvalue weighted by atomic mass is 10.0. The van der Waals surface area contributed by atoms with Crippen LogP contribution in [0.2, 0.25) is 0 Å². The van der Waals surface area contributed by atoms with Crippen LogP contribution in [0.5, 0.6) is 5.75 Å². The monoisotopic (exact) mass is 535 g/mol. The third-order valence-corrected chi connectivity index (χ3v) is 7.04. The minimum atomic E-state index is -4.75. The maximum Gasteiger partial charge on any atom is 0.573 e. The molecule has 2 atom stereocenters. The Bertz CT molecular complexity index is 1130. The molecule has 0 saturated heterocycles. The maximum atomic E-state index is 12.6. The summed E-state index contributed by atoms with van der Waals surface area (Å²) in [6.45, 7) is 6.07. The van der Waals surface area contributed by atoms with Gasteiger partial charge in [-0.25, -0.2) is 0 Å². The Labute approximate surface area is 219 Å². The average Bonchev–Trinajstić information content (AvgIpc) is 2.86. The first-order chi connectivity index (χ1) is 17.7. The van der Waals surface area contributed by atoms with Crippen LogP contribution in [0.25, 0.3) is 10.8 Å². The lowest BCUT2D eigenvalue weighted by molar-refractivity contribution is -0.274. The molecule has 0 aliphatic heterocycles. The number of rotatable bonds is 14. The van der Waals surface area contributed by atoms with E-state index in [0.29, 0.717) is 12.1 Å². The summed E-state index contributed by atoms with van der Waals surface area (Å²) in [5.41, 5.74) is 1.39. The third-order valence-electron chi connectivity index (χ3n) is 6.32. The number of nitrogens with zero attached hydrogens (tertiary/aromatic N) is 2. The van der Waals surface area contributed by atoms with Gasteiger partial charge in [0.2, 0.25) is 0 Å². The van der Waals surface area contributed by atoms with Gasteiger partial charge in [-0.15, -0.1) is 13.2 Å². The Morgan fingerprint density at radius 2 is 1.54 bits per heavy atom. The second-order valence-corrected chi connectivity index (χ2v) is 9.98. The lowest BCUT2D eigenvalue weighted by Gasteiger charge is -2.37. The van der Waals surface area contributed by atoms with Crippen molar-refractivity contribution < 1.29 is 26.7 Å². The first-order valence-electron chi connectivity index (χ1n) is 12.6. The first-order valence-corrected chi connectivity index (χ1v) is 13.7.